The maximum atomic E-state index is 14.2. The van der Waals surface area contributed by atoms with Gasteiger partial charge in [-0.3, -0.25) is 28.8 Å². The number of aliphatic carboxylic acids is 4. The molecule has 2 unspecified atom stereocenters. The molecule has 0 bridgehead atoms. The highest BCUT2D eigenvalue weighted by Crippen LogP contribution is 2.57. The van der Waals surface area contributed by atoms with Crippen LogP contribution in [0.2, 0.25) is 0 Å². The number of sulfone groups is 1. The maximum Gasteiger partial charge on any atom is 0.334 e. The van der Waals surface area contributed by atoms with E-state index in [0.717, 1.165) is 30.3 Å². The van der Waals surface area contributed by atoms with Crippen LogP contribution in [0.5, 0.6) is 0 Å². The molecule has 0 aromatic heterocycles. The summed E-state index contributed by atoms with van der Waals surface area (Å²) in [6.45, 7) is 1.20. The predicted molar refractivity (Wildman–Crippen MR) is 149 cm³/mol. The van der Waals surface area contributed by atoms with E-state index in [1.165, 1.54) is 13.0 Å². The Morgan fingerprint density at radius 1 is 0.698 bits per heavy atom. The molecule has 0 radical (unpaired) electrons. The molecule has 19 heteroatoms. The fraction of sp³-hybridized carbons (Fsp3) is 0.250. The van der Waals surface area contributed by atoms with Gasteiger partial charge in [-0.15, -0.1) is 0 Å². The minimum Gasteiger partial charge on any atom is -0.480 e. The Bertz CT molecular complexity index is 1620. The van der Waals surface area contributed by atoms with Gasteiger partial charge in [0.25, 0.3) is 17.2 Å². The Kier molecular flexibility index (Phi) is 9.76. The van der Waals surface area contributed by atoms with Gasteiger partial charge in [0.2, 0.25) is 18.5 Å². The van der Waals surface area contributed by atoms with E-state index >= 15 is 0 Å². The Morgan fingerprint density at radius 3 is 1.51 bits per heavy atom. The maximum absolute atomic E-state index is 14.2. The van der Waals surface area contributed by atoms with Crippen molar-refractivity contribution in [1.29, 1.82) is 0 Å². The summed E-state index contributed by atoms with van der Waals surface area (Å²) in [6.07, 6.45) is 0. The largest absolute Gasteiger partial charge is 0.480 e. The fourth-order valence-electron chi connectivity index (χ4n) is 4.58. The molecule has 8 N–H and O–H groups in total. The monoisotopic (exact) mass is 700 g/mol. The van der Waals surface area contributed by atoms with Gasteiger partial charge in [0.05, 0.1) is 9.79 Å². The highest BCUT2D eigenvalue weighted by atomic mass is 35.5. The minimum absolute atomic E-state index is 0.305. The van der Waals surface area contributed by atoms with Gasteiger partial charge in [0, 0.05) is 5.92 Å². The summed E-state index contributed by atoms with van der Waals surface area (Å²) in [4.78, 5) is 73.0. The number of alkyl halides is 4. The van der Waals surface area contributed by atoms with Crippen molar-refractivity contribution >= 4 is 91.9 Å². The second kappa shape index (κ2) is 11.8. The summed E-state index contributed by atoms with van der Waals surface area (Å²) < 4.78 is 22.1. The summed E-state index contributed by atoms with van der Waals surface area (Å²) in [7, 11) is -5.25. The summed E-state index contributed by atoms with van der Waals surface area (Å²) in [5, 5.41) is 40.5. The first kappa shape index (κ1) is 35.6. The molecule has 0 saturated carbocycles. The van der Waals surface area contributed by atoms with Crippen LogP contribution in [0.15, 0.2) is 58.3 Å². The zero-order chi connectivity index (χ0) is 33.5. The van der Waals surface area contributed by atoms with Gasteiger partial charge >= 0.3 is 23.9 Å². The Balaban J connectivity index is 3.33. The third kappa shape index (κ3) is 5.04. The van der Waals surface area contributed by atoms with Crippen molar-refractivity contribution in [3.05, 3.63) is 59.7 Å². The molecule has 2 rings (SSSR count). The van der Waals surface area contributed by atoms with E-state index in [-0.39, 0.29) is 5.56 Å². The average molecular weight is 702 g/mol. The number of rotatable bonds is 13. The van der Waals surface area contributed by atoms with Crippen molar-refractivity contribution in [3.8, 4) is 0 Å². The normalized spacial score (nSPS) is 14.6. The minimum atomic E-state index is -5.25. The Labute approximate surface area is 262 Å². The topological polar surface area (TPSA) is 270 Å². The average Bonchev–Trinajstić information content (AvgIpc) is 2.89. The molecule has 0 saturated heterocycles. The number of hydrogen-bond acceptors (Lipinski definition) is 8. The van der Waals surface area contributed by atoms with Crippen LogP contribution in [-0.2, 0) is 44.0 Å². The second-order valence-corrected chi connectivity index (χ2v) is 13.5. The van der Waals surface area contributed by atoms with Crippen molar-refractivity contribution in [2.24, 2.45) is 16.9 Å². The molecule has 2 aromatic rings. The summed E-state index contributed by atoms with van der Waals surface area (Å²) in [5.41, 5.74) is -0.471. The number of benzene rings is 2. The Morgan fingerprint density at radius 2 is 1.12 bits per heavy atom. The number of hydrogen-bond donors (Lipinski definition) is 6. The van der Waals surface area contributed by atoms with Crippen LogP contribution >= 0.6 is 46.4 Å². The van der Waals surface area contributed by atoms with E-state index < -0.39 is 86.3 Å². The zero-order valence-electron chi connectivity index (χ0n) is 21.3. The van der Waals surface area contributed by atoms with Gasteiger partial charge in [-0.1, -0.05) is 89.7 Å². The van der Waals surface area contributed by atoms with Crippen LogP contribution in [-0.4, -0.2) is 73.2 Å². The van der Waals surface area contributed by atoms with E-state index in [2.05, 4.69) is 0 Å². The molecule has 14 nitrogen and oxygen atoms in total. The molecule has 0 fully saturated rings. The quantitative estimate of drug-likeness (QED) is 0.128. The van der Waals surface area contributed by atoms with Gasteiger partial charge in [-0.05, 0) is 23.3 Å². The molecule has 0 aliphatic heterocycles. The lowest BCUT2D eigenvalue weighted by Crippen LogP contribution is -2.73. The summed E-state index contributed by atoms with van der Waals surface area (Å²) >= 11 is 24.2. The molecule has 2 atom stereocenters. The van der Waals surface area contributed by atoms with Crippen molar-refractivity contribution in [2.45, 2.75) is 36.7 Å². The molecule has 2 aromatic carbocycles. The van der Waals surface area contributed by atoms with Crippen molar-refractivity contribution < 1.29 is 57.6 Å². The third-order valence-electron chi connectivity index (χ3n) is 6.75. The number of nitrogens with two attached hydrogens (primary N) is 2. The van der Waals surface area contributed by atoms with Gasteiger partial charge in [-0.2, -0.15) is 0 Å². The lowest BCUT2D eigenvalue weighted by atomic mass is 9.57. The first-order valence-electron chi connectivity index (χ1n) is 11.3. The van der Waals surface area contributed by atoms with Crippen LogP contribution in [0.3, 0.4) is 0 Å². The first-order chi connectivity index (χ1) is 19.5. The zero-order valence-corrected chi connectivity index (χ0v) is 25.2. The standard InChI is InChI=1S/C24H20Cl4N2O12S/c1-10(23(25,26)15(29)31)11-6-2-4-8-13(11)43(41,42)14-9-5-3-7-12(14)22(20(39)40,24(27,28)16(30)32)21(17(33)34,18(35)36)19(37)38/h2-10H,1H3,(H2,29,31)(H2,30,32)(H,33,34)(H,35,36)(H,37,38)(H,39,40). The van der Waals surface area contributed by atoms with E-state index in [0.29, 0.717) is 12.1 Å². The third-order valence-corrected chi connectivity index (χ3v) is 10.6. The van der Waals surface area contributed by atoms with E-state index in [1.54, 1.807) is 0 Å². The van der Waals surface area contributed by atoms with Gasteiger partial charge < -0.3 is 31.9 Å². The van der Waals surface area contributed by atoms with Crippen LogP contribution in [0, 0.1) is 5.41 Å². The van der Waals surface area contributed by atoms with Gasteiger partial charge in [0.15, 0.2) is 5.41 Å². The number of halogens is 4. The van der Waals surface area contributed by atoms with Gasteiger partial charge in [-0.25, -0.2) is 8.42 Å². The number of carbonyl (C=O) groups excluding carboxylic acids is 2. The number of carboxylic acid groups (broad SMARTS) is 4. The molecular weight excluding hydrogens is 682 g/mol. The second-order valence-electron chi connectivity index (χ2n) is 8.91. The lowest BCUT2D eigenvalue weighted by Gasteiger charge is -2.45. The molecule has 0 heterocycles. The molecule has 0 aliphatic rings. The number of primary amides is 2. The van der Waals surface area contributed by atoms with Crippen molar-refractivity contribution in [1.82, 2.24) is 0 Å². The molecule has 2 amide bonds. The molecule has 43 heavy (non-hydrogen) atoms. The van der Waals surface area contributed by atoms with Crippen molar-refractivity contribution in [3.63, 3.8) is 0 Å². The van der Waals surface area contributed by atoms with Crippen LogP contribution < -0.4 is 11.5 Å². The molecule has 232 valence electrons. The number of carbonyl (C=O) groups is 6. The van der Waals surface area contributed by atoms with Crippen LogP contribution in [0.25, 0.3) is 0 Å². The highest BCUT2D eigenvalue weighted by Gasteiger charge is 2.82. The van der Waals surface area contributed by atoms with Crippen LogP contribution in [0.4, 0.5) is 0 Å². The molecular formula is C24H20Cl4N2O12S. The van der Waals surface area contributed by atoms with E-state index in [1.807, 2.05) is 0 Å². The number of carboxylic acids is 4. The summed E-state index contributed by atoms with van der Waals surface area (Å²) in [6, 6.07) is 7.47. The summed E-state index contributed by atoms with van der Waals surface area (Å²) in [5.74, 6) is -16.4. The highest BCUT2D eigenvalue weighted by molar-refractivity contribution is 7.91. The molecule has 0 aliphatic carbocycles. The van der Waals surface area contributed by atoms with E-state index in [9.17, 15) is 57.6 Å². The SMILES string of the molecule is CC(c1ccccc1S(=O)(=O)c1ccccc1C(C(=O)O)(C(Cl)(Cl)C(N)=O)C(C(=O)O)(C(=O)O)C(=O)O)C(Cl)(Cl)C(N)=O. The number of amides is 2. The van der Waals surface area contributed by atoms with Crippen molar-refractivity contribution in [2.75, 3.05) is 0 Å². The van der Waals surface area contributed by atoms with Gasteiger partial charge in [0.1, 0.15) is 0 Å². The smallest absolute Gasteiger partial charge is 0.334 e. The van der Waals surface area contributed by atoms with Crippen LogP contribution in [0.1, 0.15) is 24.0 Å². The molecule has 0 spiro atoms. The fourth-order valence-corrected chi connectivity index (χ4v) is 7.28. The Hall–Kier alpha value is -3.63. The lowest BCUT2D eigenvalue weighted by molar-refractivity contribution is -0.189. The first-order valence-corrected chi connectivity index (χ1v) is 14.2. The van der Waals surface area contributed by atoms with E-state index in [4.69, 9.17) is 57.9 Å². The predicted octanol–water partition coefficient (Wildman–Crippen LogP) is 1.50.